The third kappa shape index (κ3) is 3.76. The topological polar surface area (TPSA) is 65.2 Å². The molecule has 2 aliphatic rings. The Balaban J connectivity index is 2.00. The van der Waals surface area contributed by atoms with Gasteiger partial charge in [-0.05, 0) is 56.0 Å². The summed E-state index contributed by atoms with van der Waals surface area (Å²) in [5.41, 5.74) is 6.67. The van der Waals surface area contributed by atoms with Crippen molar-refractivity contribution in [3.8, 4) is 0 Å². The van der Waals surface area contributed by atoms with Gasteiger partial charge < -0.3 is 15.0 Å². The highest BCUT2D eigenvalue weighted by Gasteiger charge is 2.56. The number of hydrogen-bond donors (Lipinski definition) is 1. The van der Waals surface area contributed by atoms with Crippen LogP contribution in [0.2, 0.25) is 0 Å². The van der Waals surface area contributed by atoms with E-state index in [9.17, 15) is 4.79 Å². The molecule has 1 saturated carbocycles. The van der Waals surface area contributed by atoms with Crippen LogP contribution in [0.1, 0.15) is 63.4 Å². The Morgan fingerprint density at radius 2 is 2.12 bits per heavy atom. The first-order chi connectivity index (χ1) is 12.6. The number of pyridine rings is 1. The second-order valence-corrected chi connectivity index (χ2v) is 8.11. The molecule has 0 bridgehead atoms. The molecule has 1 aromatic rings. The van der Waals surface area contributed by atoms with Gasteiger partial charge in [-0.15, -0.1) is 0 Å². The summed E-state index contributed by atoms with van der Waals surface area (Å²) in [7, 11) is 0. The van der Waals surface area contributed by atoms with E-state index < -0.39 is 0 Å². The Labute approximate surface area is 161 Å². The van der Waals surface area contributed by atoms with Gasteiger partial charge in [0, 0.05) is 18.8 Å². The molecule has 0 radical (unpaired) electrons. The van der Waals surface area contributed by atoms with Crippen LogP contribution in [0.5, 0.6) is 0 Å². The second kappa shape index (κ2) is 8.44. The number of carbonyl (C=O) groups is 1. The van der Waals surface area contributed by atoms with Gasteiger partial charge >= 0.3 is 5.97 Å². The highest BCUT2D eigenvalue weighted by atomic mass is 32.1. The number of aromatic nitrogens is 1. The molecule has 2 heterocycles. The molecular formula is C20H30N3O2S+. The number of carbonyl (C=O) groups excluding carboxylic acids is 1. The average Bonchev–Trinajstić information content (AvgIpc) is 3.03. The Hall–Kier alpha value is -1.53. The third-order valence-electron chi connectivity index (χ3n) is 6.29. The molecule has 26 heavy (non-hydrogen) atoms. The van der Waals surface area contributed by atoms with Crippen LogP contribution in [0, 0.1) is 0 Å². The van der Waals surface area contributed by atoms with E-state index in [0.717, 1.165) is 36.0 Å². The van der Waals surface area contributed by atoms with E-state index in [1.807, 2.05) is 12.3 Å². The Kier molecular flexibility index (Phi) is 6.24. The minimum Gasteiger partial charge on any atom is -0.395 e. The molecule has 2 unspecified atom stereocenters. The number of nitrogens with zero attached hydrogens (tertiary/aromatic N) is 2. The molecule has 142 valence electrons. The molecule has 1 aliphatic heterocycles. The predicted octanol–water partition coefficient (Wildman–Crippen LogP) is 3.28. The molecule has 1 saturated heterocycles. The van der Waals surface area contributed by atoms with Crippen molar-refractivity contribution < 1.29 is 14.0 Å². The van der Waals surface area contributed by atoms with Gasteiger partial charge in [0.25, 0.3) is 5.17 Å². The lowest BCUT2D eigenvalue weighted by Gasteiger charge is -2.47. The second-order valence-electron chi connectivity index (χ2n) is 7.71. The minimum atomic E-state index is -0.261. The number of thiocarbonyl (C=S) groups is 1. The van der Waals surface area contributed by atoms with Crippen molar-refractivity contribution >= 4 is 23.4 Å². The molecule has 0 spiro atoms. The number of quaternary nitrogens is 1. The van der Waals surface area contributed by atoms with Crippen molar-refractivity contribution in [1.82, 2.24) is 4.98 Å². The van der Waals surface area contributed by atoms with Gasteiger partial charge in [0.1, 0.15) is 0 Å². The van der Waals surface area contributed by atoms with E-state index in [0.29, 0.717) is 6.04 Å². The summed E-state index contributed by atoms with van der Waals surface area (Å²) >= 11 is 4.87. The molecule has 0 aromatic carbocycles. The lowest BCUT2D eigenvalue weighted by Crippen LogP contribution is -2.63. The van der Waals surface area contributed by atoms with Gasteiger partial charge in [0.05, 0.1) is 25.0 Å². The highest BCUT2D eigenvalue weighted by Crippen LogP contribution is 2.44. The normalized spacial score (nSPS) is 29.4. The van der Waals surface area contributed by atoms with E-state index in [1.165, 1.54) is 32.1 Å². The number of likely N-dealkylation sites (tertiary alicyclic amines) is 1. The van der Waals surface area contributed by atoms with Gasteiger partial charge in [-0.3, -0.25) is 4.98 Å². The summed E-state index contributed by atoms with van der Waals surface area (Å²) in [6.45, 7) is 4.21. The van der Waals surface area contributed by atoms with Crippen LogP contribution in [0.15, 0.2) is 24.5 Å². The summed E-state index contributed by atoms with van der Waals surface area (Å²) in [6, 6.07) is 4.29. The van der Waals surface area contributed by atoms with Crippen molar-refractivity contribution in [2.24, 2.45) is 5.73 Å². The largest absolute Gasteiger partial charge is 0.395 e. The Morgan fingerprint density at radius 1 is 1.35 bits per heavy atom. The fourth-order valence-electron chi connectivity index (χ4n) is 5.37. The molecule has 6 heteroatoms. The number of hydrogen-bond acceptors (Lipinski definition) is 4. The van der Waals surface area contributed by atoms with Crippen molar-refractivity contribution in [3.63, 3.8) is 0 Å². The molecule has 2 N–H and O–H groups in total. The predicted molar refractivity (Wildman–Crippen MR) is 105 cm³/mol. The summed E-state index contributed by atoms with van der Waals surface area (Å²) in [5.74, 6) is -0.151. The fourth-order valence-corrected chi connectivity index (χ4v) is 5.45. The molecule has 1 aromatic heterocycles. The molecule has 1 aliphatic carbocycles. The van der Waals surface area contributed by atoms with Crippen LogP contribution >= 0.6 is 12.2 Å². The summed E-state index contributed by atoms with van der Waals surface area (Å²) in [6.07, 6.45) is 11.9. The molecule has 3 rings (SSSR count). The zero-order valence-electron chi connectivity index (χ0n) is 15.6. The quantitative estimate of drug-likeness (QED) is 0.485. The van der Waals surface area contributed by atoms with Crippen molar-refractivity contribution in [1.29, 1.82) is 0 Å². The lowest BCUT2D eigenvalue weighted by atomic mass is 9.88. The van der Waals surface area contributed by atoms with Crippen molar-refractivity contribution in [2.45, 2.75) is 69.9 Å². The number of esters is 1. The van der Waals surface area contributed by atoms with Crippen LogP contribution in [0.3, 0.4) is 0 Å². The average molecular weight is 377 g/mol. The first kappa shape index (κ1) is 19.2. The number of rotatable bonds is 5. The molecular weight excluding hydrogens is 346 g/mol. The fraction of sp³-hybridized carbons (Fsp3) is 0.650. The Bertz CT molecular complexity index is 633. The molecule has 5 nitrogen and oxygen atoms in total. The molecule has 2 fully saturated rings. The standard InChI is InChI=1S/C20H29N3O2S/c1-2-12-23(16-8-4-3-5-9-16)13-10-17(15-7-6-11-22-14-15)18(23)19(24)25-20(21)26/h6-7,11,14,16-18H,2-5,8-10,12-13H2,1H3,(H-,21,26)/p+1/t17?,18-,23?/m0/s1. The van der Waals surface area contributed by atoms with E-state index in [-0.39, 0.29) is 23.1 Å². The van der Waals surface area contributed by atoms with Gasteiger partial charge in [0.15, 0.2) is 6.04 Å². The smallest absolute Gasteiger partial charge is 0.372 e. The third-order valence-corrected chi connectivity index (χ3v) is 6.37. The molecule has 3 atom stereocenters. The first-order valence-corrected chi connectivity index (χ1v) is 10.3. The van der Waals surface area contributed by atoms with Gasteiger partial charge in [0.2, 0.25) is 0 Å². The zero-order chi connectivity index (χ0) is 18.6. The maximum Gasteiger partial charge on any atom is 0.372 e. The van der Waals surface area contributed by atoms with E-state index in [2.05, 4.69) is 18.0 Å². The molecule has 0 amide bonds. The van der Waals surface area contributed by atoms with Crippen LogP contribution in [0.4, 0.5) is 0 Å². The van der Waals surface area contributed by atoms with Gasteiger partial charge in [-0.25, -0.2) is 4.79 Å². The maximum absolute atomic E-state index is 13.1. The monoisotopic (exact) mass is 376 g/mol. The van der Waals surface area contributed by atoms with Crippen molar-refractivity contribution in [3.05, 3.63) is 30.1 Å². The SMILES string of the molecule is CCC[N+]1(C2CCCCC2)CCC(c2cccnc2)[C@H]1C(=O)OC(N)=S. The van der Waals surface area contributed by atoms with E-state index in [4.69, 9.17) is 22.7 Å². The maximum atomic E-state index is 13.1. The summed E-state index contributed by atoms with van der Waals surface area (Å²) < 4.78 is 6.14. The van der Waals surface area contributed by atoms with E-state index in [1.54, 1.807) is 6.20 Å². The van der Waals surface area contributed by atoms with Crippen LogP contribution in [-0.2, 0) is 9.53 Å². The highest BCUT2D eigenvalue weighted by molar-refractivity contribution is 7.80. The summed E-state index contributed by atoms with van der Waals surface area (Å²) in [5, 5.41) is -0.176. The minimum absolute atomic E-state index is 0.110. The summed E-state index contributed by atoms with van der Waals surface area (Å²) in [4.78, 5) is 17.4. The lowest BCUT2D eigenvalue weighted by molar-refractivity contribution is -0.956. The zero-order valence-corrected chi connectivity index (χ0v) is 16.4. The van der Waals surface area contributed by atoms with Crippen molar-refractivity contribution in [2.75, 3.05) is 13.1 Å². The number of nitrogens with two attached hydrogens (primary N) is 1. The first-order valence-electron chi connectivity index (χ1n) is 9.86. The Morgan fingerprint density at radius 3 is 2.73 bits per heavy atom. The number of ether oxygens (including phenoxy) is 1. The van der Waals surface area contributed by atoms with E-state index >= 15 is 0 Å². The van der Waals surface area contributed by atoms with Crippen LogP contribution in [-0.4, -0.2) is 45.8 Å². The van der Waals surface area contributed by atoms with Crippen LogP contribution in [0.25, 0.3) is 0 Å². The van der Waals surface area contributed by atoms with Gasteiger partial charge in [-0.1, -0.05) is 19.4 Å². The van der Waals surface area contributed by atoms with Gasteiger partial charge in [-0.2, -0.15) is 0 Å². The van der Waals surface area contributed by atoms with Crippen LogP contribution < -0.4 is 5.73 Å².